The molecule has 1 aromatic rings. The average Bonchev–Trinajstić information content (AvgIpc) is 2.82. The second-order valence-corrected chi connectivity index (χ2v) is 5.08. The molecule has 0 bridgehead atoms. The summed E-state index contributed by atoms with van der Waals surface area (Å²) >= 11 is 1.59. The molecule has 2 rings (SSSR count). The van der Waals surface area contributed by atoms with Crippen LogP contribution in [0.25, 0.3) is 0 Å². The van der Waals surface area contributed by atoms with Crippen LogP contribution in [0, 0.1) is 5.41 Å². The first-order valence-electron chi connectivity index (χ1n) is 5.28. The van der Waals surface area contributed by atoms with Crippen molar-refractivity contribution in [3.63, 3.8) is 0 Å². The molecular formula is C11H17NO2S. The second kappa shape index (κ2) is 4.61. The Morgan fingerprint density at radius 2 is 2.27 bits per heavy atom. The van der Waals surface area contributed by atoms with E-state index in [-0.39, 0.29) is 5.41 Å². The lowest BCUT2D eigenvalue weighted by Crippen LogP contribution is -2.41. The molecular weight excluding hydrogens is 210 g/mol. The van der Waals surface area contributed by atoms with Crippen LogP contribution in [0.3, 0.4) is 0 Å². The molecule has 1 fully saturated rings. The zero-order valence-corrected chi connectivity index (χ0v) is 9.50. The van der Waals surface area contributed by atoms with Crippen molar-refractivity contribution < 1.29 is 9.84 Å². The molecule has 0 amide bonds. The van der Waals surface area contributed by atoms with Crippen LogP contribution < -0.4 is 5.73 Å². The van der Waals surface area contributed by atoms with E-state index < -0.39 is 6.10 Å². The molecule has 15 heavy (non-hydrogen) atoms. The van der Waals surface area contributed by atoms with E-state index in [0.29, 0.717) is 19.8 Å². The molecule has 0 saturated carbocycles. The van der Waals surface area contributed by atoms with Crippen molar-refractivity contribution in [1.82, 2.24) is 0 Å². The van der Waals surface area contributed by atoms with Gasteiger partial charge in [-0.25, -0.2) is 0 Å². The standard InChI is InChI=1S/C11H17NO2S/c12-8-11(3-5-14-6-4-11)10(13)9-2-1-7-15-9/h1-2,7,10,13H,3-6,8,12H2. The van der Waals surface area contributed by atoms with Gasteiger partial charge in [-0.1, -0.05) is 6.07 Å². The van der Waals surface area contributed by atoms with Crippen molar-refractivity contribution in [2.75, 3.05) is 19.8 Å². The lowest BCUT2D eigenvalue weighted by Gasteiger charge is -2.39. The quantitative estimate of drug-likeness (QED) is 0.823. The molecule has 1 unspecified atom stereocenters. The molecule has 0 radical (unpaired) electrons. The van der Waals surface area contributed by atoms with Crippen LogP contribution in [0.1, 0.15) is 23.8 Å². The molecule has 2 heterocycles. The van der Waals surface area contributed by atoms with E-state index in [4.69, 9.17) is 10.5 Å². The van der Waals surface area contributed by atoms with Crippen LogP contribution >= 0.6 is 11.3 Å². The van der Waals surface area contributed by atoms with Gasteiger partial charge in [-0.15, -0.1) is 11.3 Å². The zero-order valence-electron chi connectivity index (χ0n) is 8.69. The first kappa shape index (κ1) is 11.1. The minimum absolute atomic E-state index is 0.177. The highest BCUT2D eigenvalue weighted by Gasteiger charge is 2.39. The van der Waals surface area contributed by atoms with Crippen molar-refractivity contribution in [2.24, 2.45) is 11.1 Å². The van der Waals surface area contributed by atoms with Crippen molar-refractivity contribution in [3.8, 4) is 0 Å². The maximum Gasteiger partial charge on any atom is 0.0951 e. The van der Waals surface area contributed by atoms with Gasteiger partial charge in [-0.3, -0.25) is 0 Å². The molecule has 0 aromatic carbocycles. The van der Waals surface area contributed by atoms with E-state index in [9.17, 15) is 5.11 Å². The van der Waals surface area contributed by atoms with Gasteiger partial charge < -0.3 is 15.6 Å². The third-order valence-electron chi connectivity index (χ3n) is 3.29. The van der Waals surface area contributed by atoms with Crippen molar-refractivity contribution in [2.45, 2.75) is 18.9 Å². The Kier molecular flexibility index (Phi) is 3.41. The van der Waals surface area contributed by atoms with Crippen LogP contribution in [-0.4, -0.2) is 24.9 Å². The van der Waals surface area contributed by atoms with Gasteiger partial charge in [0.2, 0.25) is 0 Å². The van der Waals surface area contributed by atoms with Gasteiger partial charge in [0.15, 0.2) is 0 Å². The minimum atomic E-state index is -0.439. The number of ether oxygens (including phenoxy) is 1. The Hall–Kier alpha value is -0.420. The van der Waals surface area contributed by atoms with Gasteiger partial charge in [0.05, 0.1) is 6.10 Å². The largest absolute Gasteiger partial charge is 0.387 e. The van der Waals surface area contributed by atoms with Crippen molar-refractivity contribution >= 4 is 11.3 Å². The van der Waals surface area contributed by atoms with Gasteiger partial charge in [-0.05, 0) is 24.3 Å². The summed E-state index contributed by atoms with van der Waals surface area (Å²) in [6.45, 7) is 1.94. The molecule has 3 nitrogen and oxygen atoms in total. The Bertz CT molecular complexity index is 294. The minimum Gasteiger partial charge on any atom is -0.387 e. The predicted molar refractivity (Wildman–Crippen MR) is 60.8 cm³/mol. The lowest BCUT2D eigenvalue weighted by molar-refractivity contribution is -0.0567. The lowest BCUT2D eigenvalue weighted by atomic mass is 9.75. The van der Waals surface area contributed by atoms with Crippen molar-refractivity contribution in [3.05, 3.63) is 22.4 Å². The molecule has 1 atom stereocenters. The molecule has 1 aliphatic heterocycles. The number of rotatable bonds is 3. The van der Waals surface area contributed by atoms with E-state index in [2.05, 4.69) is 0 Å². The maximum atomic E-state index is 10.4. The summed E-state index contributed by atoms with van der Waals surface area (Å²) in [7, 11) is 0. The monoisotopic (exact) mass is 227 g/mol. The normalized spacial score (nSPS) is 22.5. The topological polar surface area (TPSA) is 55.5 Å². The van der Waals surface area contributed by atoms with Crippen LogP contribution in [0.4, 0.5) is 0 Å². The number of thiophene rings is 1. The number of hydrogen-bond acceptors (Lipinski definition) is 4. The first-order valence-corrected chi connectivity index (χ1v) is 6.16. The van der Waals surface area contributed by atoms with Crippen LogP contribution in [0.2, 0.25) is 0 Å². The Labute approximate surface area is 93.9 Å². The highest BCUT2D eigenvalue weighted by Crippen LogP contribution is 2.42. The molecule has 1 saturated heterocycles. The molecule has 1 aromatic heterocycles. The Morgan fingerprint density at radius 1 is 1.53 bits per heavy atom. The van der Waals surface area contributed by atoms with E-state index in [1.165, 1.54) is 0 Å². The number of hydrogen-bond donors (Lipinski definition) is 2. The van der Waals surface area contributed by atoms with Gasteiger partial charge >= 0.3 is 0 Å². The average molecular weight is 227 g/mol. The van der Waals surface area contributed by atoms with Gasteiger partial charge in [0.25, 0.3) is 0 Å². The third-order valence-corrected chi connectivity index (χ3v) is 4.21. The number of nitrogens with two attached hydrogens (primary N) is 1. The summed E-state index contributed by atoms with van der Waals surface area (Å²) in [5.41, 5.74) is 5.66. The summed E-state index contributed by atoms with van der Waals surface area (Å²) < 4.78 is 5.33. The SMILES string of the molecule is NCC1(C(O)c2cccs2)CCOCC1. The fourth-order valence-electron chi connectivity index (χ4n) is 2.12. The fourth-order valence-corrected chi connectivity index (χ4v) is 2.97. The van der Waals surface area contributed by atoms with Gasteiger partial charge in [-0.2, -0.15) is 0 Å². The highest BCUT2D eigenvalue weighted by atomic mass is 32.1. The maximum absolute atomic E-state index is 10.4. The summed E-state index contributed by atoms with van der Waals surface area (Å²) in [6.07, 6.45) is 1.26. The summed E-state index contributed by atoms with van der Waals surface area (Å²) in [4.78, 5) is 1.02. The van der Waals surface area contributed by atoms with E-state index in [1.807, 2.05) is 17.5 Å². The Balaban J connectivity index is 2.18. The molecule has 84 valence electrons. The molecule has 4 heteroatoms. The smallest absolute Gasteiger partial charge is 0.0951 e. The third kappa shape index (κ3) is 2.08. The molecule has 0 aliphatic carbocycles. The van der Waals surface area contributed by atoms with Crippen molar-refractivity contribution in [1.29, 1.82) is 0 Å². The Morgan fingerprint density at radius 3 is 2.80 bits per heavy atom. The van der Waals surface area contributed by atoms with Crippen LogP contribution in [0.15, 0.2) is 17.5 Å². The highest BCUT2D eigenvalue weighted by molar-refractivity contribution is 7.10. The van der Waals surface area contributed by atoms with Crippen LogP contribution in [0.5, 0.6) is 0 Å². The molecule has 1 aliphatic rings. The zero-order chi connectivity index (χ0) is 10.7. The predicted octanol–water partition coefficient (Wildman–Crippen LogP) is 1.54. The summed E-state index contributed by atoms with van der Waals surface area (Å²) in [6, 6.07) is 3.94. The summed E-state index contributed by atoms with van der Waals surface area (Å²) in [5.74, 6) is 0. The van der Waals surface area contributed by atoms with Crippen LogP contribution in [-0.2, 0) is 4.74 Å². The van der Waals surface area contributed by atoms with E-state index in [0.717, 1.165) is 17.7 Å². The van der Waals surface area contributed by atoms with Gasteiger partial charge in [0, 0.05) is 30.1 Å². The second-order valence-electron chi connectivity index (χ2n) is 4.10. The summed E-state index contributed by atoms with van der Waals surface area (Å²) in [5, 5.41) is 12.3. The molecule has 0 spiro atoms. The van der Waals surface area contributed by atoms with E-state index >= 15 is 0 Å². The van der Waals surface area contributed by atoms with E-state index in [1.54, 1.807) is 11.3 Å². The molecule has 3 N–H and O–H groups in total. The number of aliphatic hydroxyl groups excluding tert-OH is 1. The fraction of sp³-hybridized carbons (Fsp3) is 0.636. The number of aliphatic hydroxyl groups is 1. The first-order chi connectivity index (χ1) is 7.28. The van der Waals surface area contributed by atoms with Gasteiger partial charge in [0.1, 0.15) is 0 Å².